The average molecular weight is 384 g/mol. The fraction of sp³-hybridized carbons (Fsp3) is 0.958. The van der Waals surface area contributed by atoms with Crippen molar-refractivity contribution in [1.82, 2.24) is 0 Å². The maximum Gasteiger partial charge on any atom is 0.128 e. The van der Waals surface area contributed by atoms with Crippen molar-refractivity contribution in [2.45, 2.75) is 77.1 Å². The van der Waals surface area contributed by atoms with Gasteiger partial charge in [0.25, 0.3) is 0 Å². The predicted octanol–water partition coefficient (Wildman–Crippen LogP) is 4.03. The van der Waals surface area contributed by atoms with E-state index in [9.17, 15) is 9.90 Å². The highest BCUT2D eigenvalue weighted by atomic mass is 16.5. The third-order valence-corrected chi connectivity index (χ3v) is 10.4. The maximum absolute atomic E-state index is 12.8. The number of carbonyl (C=O) groups excluding carboxylic acids is 1. The Balaban J connectivity index is 1.48. The van der Waals surface area contributed by atoms with Crippen LogP contribution in [0, 0.1) is 52.3 Å². The van der Waals surface area contributed by atoms with Crippen LogP contribution in [0.5, 0.6) is 0 Å². The van der Waals surface area contributed by atoms with Gasteiger partial charge in [-0.25, -0.2) is 0 Å². The maximum atomic E-state index is 12.8. The fourth-order valence-corrected chi connectivity index (χ4v) is 9.48. The molecule has 3 nitrogen and oxygen atoms in total. The second kappa shape index (κ2) is 6.33. The van der Waals surface area contributed by atoms with Crippen molar-refractivity contribution >= 4 is 13.6 Å². The summed E-state index contributed by atoms with van der Waals surface area (Å²) in [6.07, 6.45) is 9.32. The van der Waals surface area contributed by atoms with Gasteiger partial charge < -0.3 is 14.6 Å². The molecule has 0 spiro atoms. The molecule has 1 N–H and O–H groups in total. The lowest BCUT2D eigenvalue weighted by atomic mass is 9.42. The van der Waals surface area contributed by atoms with E-state index in [-0.39, 0.29) is 23.1 Å². The minimum Gasteiger partial charge on any atom is -0.390 e. The van der Waals surface area contributed by atoms with E-state index in [1.807, 2.05) is 14.0 Å². The second-order valence-electron chi connectivity index (χ2n) is 11.7. The van der Waals surface area contributed by atoms with Crippen LogP contribution in [0.3, 0.4) is 0 Å². The van der Waals surface area contributed by atoms with Crippen molar-refractivity contribution in [2.75, 3.05) is 13.7 Å². The Bertz CT molecular complexity index is 662. The lowest BCUT2D eigenvalue weighted by molar-refractivity contribution is -0.179. The number of ether oxygens (including phenoxy) is 1. The summed E-state index contributed by atoms with van der Waals surface area (Å²) in [5.41, 5.74) is -0.0977. The van der Waals surface area contributed by atoms with Crippen LogP contribution < -0.4 is 0 Å². The van der Waals surface area contributed by atoms with Crippen molar-refractivity contribution in [3.05, 3.63) is 0 Å². The van der Waals surface area contributed by atoms with Crippen LogP contribution in [-0.4, -0.2) is 38.1 Å². The van der Waals surface area contributed by atoms with E-state index >= 15 is 0 Å². The number of fused-ring (bicyclic) bond motifs is 7. The topological polar surface area (TPSA) is 46.5 Å². The van der Waals surface area contributed by atoms with Crippen molar-refractivity contribution in [1.29, 1.82) is 0 Å². The van der Waals surface area contributed by atoms with Crippen LogP contribution in [-0.2, 0) is 9.53 Å². The number of Topliss-reactive ketones (excluding diaryl/α,β-unsaturated/α-hetero) is 1. The molecule has 0 aromatic carbocycles. The van der Waals surface area contributed by atoms with Gasteiger partial charge in [0.15, 0.2) is 0 Å². The molecular weight excluding hydrogens is 347 g/mol. The van der Waals surface area contributed by atoms with Crippen LogP contribution in [0.2, 0.25) is 6.32 Å². The Morgan fingerprint density at radius 1 is 1.11 bits per heavy atom. The van der Waals surface area contributed by atoms with Crippen molar-refractivity contribution in [2.24, 2.45) is 52.3 Å². The third-order valence-electron chi connectivity index (χ3n) is 10.4. The fourth-order valence-electron chi connectivity index (χ4n) is 9.48. The molecule has 0 aromatic heterocycles. The monoisotopic (exact) mass is 384 g/mol. The van der Waals surface area contributed by atoms with Crippen molar-refractivity contribution in [3.63, 3.8) is 0 Å². The van der Waals surface area contributed by atoms with Gasteiger partial charge >= 0.3 is 0 Å². The summed E-state index contributed by atoms with van der Waals surface area (Å²) in [5, 5.41) is 10.8. The standard InChI is InChI=1S/C24H37BO3/c1-22(27)8-9-24(13-28-3)14(11-22)4-5-15-18(24)6-7-23(2)20(15)16-10-17(16)21(23)19(26)12-25/h14-18,20-21,27H,4-13H2,1-3H3/t14-,15-,16?,17?,18+,20-,21?,22-,23+,24-/m1/s1. The molecule has 5 rings (SSSR count). The van der Waals surface area contributed by atoms with E-state index in [0.717, 1.165) is 37.7 Å². The number of methoxy groups -OCH3 is 1. The number of hydrogen-bond donors (Lipinski definition) is 1. The first kappa shape index (κ1) is 19.6. The van der Waals surface area contributed by atoms with Crippen LogP contribution in [0.4, 0.5) is 0 Å². The van der Waals surface area contributed by atoms with Gasteiger partial charge in [-0.1, -0.05) is 6.92 Å². The van der Waals surface area contributed by atoms with Gasteiger partial charge in [0, 0.05) is 13.0 Å². The van der Waals surface area contributed by atoms with Gasteiger partial charge in [0.05, 0.1) is 20.1 Å². The lowest BCUT2D eigenvalue weighted by Crippen LogP contribution is -2.59. The molecule has 0 bridgehead atoms. The van der Waals surface area contributed by atoms with Crippen molar-refractivity contribution in [3.8, 4) is 0 Å². The molecule has 0 aromatic rings. The molecule has 28 heavy (non-hydrogen) atoms. The largest absolute Gasteiger partial charge is 0.390 e. The zero-order chi connectivity index (χ0) is 19.9. The Morgan fingerprint density at radius 3 is 2.61 bits per heavy atom. The first-order chi connectivity index (χ1) is 13.3. The Morgan fingerprint density at radius 2 is 1.89 bits per heavy atom. The van der Waals surface area contributed by atoms with Gasteiger partial charge in [-0.2, -0.15) is 0 Å². The average Bonchev–Trinajstić information content (AvgIpc) is 3.35. The third kappa shape index (κ3) is 2.52. The summed E-state index contributed by atoms with van der Waals surface area (Å²) < 4.78 is 5.86. The van der Waals surface area contributed by atoms with E-state index in [4.69, 9.17) is 12.6 Å². The van der Waals surface area contributed by atoms with E-state index in [0.29, 0.717) is 29.5 Å². The molecule has 5 saturated carbocycles. The highest BCUT2D eigenvalue weighted by Crippen LogP contribution is 2.76. The molecule has 2 radical (unpaired) electrons. The number of aliphatic hydroxyl groups is 1. The van der Waals surface area contributed by atoms with Crippen LogP contribution in [0.15, 0.2) is 0 Å². The lowest BCUT2D eigenvalue weighted by Gasteiger charge is -2.63. The van der Waals surface area contributed by atoms with E-state index in [1.165, 1.54) is 32.1 Å². The molecule has 0 aliphatic heterocycles. The predicted molar refractivity (Wildman–Crippen MR) is 110 cm³/mol. The number of carbonyl (C=O) groups is 1. The summed E-state index contributed by atoms with van der Waals surface area (Å²) in [6.45, 7) is 5.30. The molecule has 0 amide bonds. The molecule has 5 aliphatic carbocycles. The highest BCUT2D eigenvalue weighted by Gasteiger charge is 2.72. The number of hydrogen-bond acceptors (Lipinski definition) is 3. The Kier molecular flexibility index (Phi) is 4.43. The smallest absolute Gasteiger partial charge is 0.128 e. The molecule has 154 valence electrons. The van der Waals surface area contributed by atoms with Crippen LogP contribution >= 0.6 is 0 Å². The molecule has 4 heteroatoms. The SMILES string of the molecule is [B]CC(=O)C1C2CC2[C@H]2[C@@H]3CC[C@@H]4C[C@](C)(O)CC[C@]4(COC)[C@H]3CC[C@]12C. The summed E-state index contributed by atoms with van der Waals surface area (Å²) >= 11 is 0. The summed E-state index contributed by atoms with van der Waals surface area (Å²) in [5.74, 6) is 4.65. The van der Waals surface area contributed by atoms with Crippen LogP contribution in [0.25, 0.3) is 0 Å². The molecule has 5 aliphatic rings. The molecule has 10 atom stereocenters. The van der Waals surface area contributed by atoms with Crippen molar-refractivity contribution < 1.29 is 14.6 Å². The minimum absolute atomic E-state index is 0.173. The highest BCUT2D eigenvalue weighted by molar-refractivity contribution is 6.20. The molecule has 3 unspecified atom stereocenters. The Hall–Kier alpha value is -0.345. The second-order valence-corrected chi connectivity index (χ2v) is 11.7. The van der Waals surface area contributed by atoms with Gasteiger partial charge in [-0.05, 0) is 111 Å². The normalized spacial score (nSPS) is 56.9. The van der Waals surface area contributed by atoms with E-state index < -0.39 is 5.60 Å². The number of ketones is 1. The summed E-state index contributed by atoms with van der Waals surface area (Å²) in [6, 6.07) is 0. The quantitative estimate of drug-likeness (QED) is 0.745. The molecule has 0 heterocycles. The zero-order valence-corrected chi connectivity index (χ0v) is 18.0. The molecular formula is C24H37BO3. The van der Waals surface area contributed by atoms with Gasteiger partial charge in [-0.3, -0.25) is 0 Å². The van der Waals surface area contributed by atoms with E-state index in [2.05, 4.69) is 6.92 Å². The minimum atomic E-state index is -0.508. The summed E-state index contributed by atoms with van der Waals surface area (Å²) in [4.78, 5) is 12.8. The first-order valence-corrected chi connectivity index (χ1v) is 11.7. The molecule has 5 fully saturated rings. The first-order valence-electron chi connectivity index (χ1n) is 11.7. The summed E-state index contributed by atoms with van der Waals surface area (Å²) in [7, 11) is 7.69. The zero-order valence-electron chi connectivity index (χ0n) is 18.0. The van der Waals surface area contributed by atoms with Crippen LogP contribution in [0.1, 0.15) is 65.2 Å². The Labute approximate surface area is 171 Å². The van der Waals surface area contributed by atoms with Gasteiger partial charge in [0.2, 0.25) is 0 Å². The van der Waals surface area contributed by atoms with Gasteiger partial charge in [-0.15, -0.1) is 0 Å². The van der Waals surface area contributed by atoms with E-state index in [1.54, 1.807) is 0 Å². The number of rotatable bonds is 4. The molecule has 0 saturated heterocycles. The van der Waals surface area contributed by atoms with Gasteiger partial charge in [0.1, 0.15) is 5.78 Å².